The molecule has 1 aromatic heterocycles. The molecule has 0 atom stereocenters. The van der Waals surface area contributed by atoms with Gasteiger partial charge in [0.25, 0.3) is 5.91 Å². The zero-order chi connectivity index (χ0) is 13.1. The quantitative estimate of drug-likeness (QED) is 0.893. The zero-order valence-corrected chi connectivity index (χ0v) is 10.7. The Bertz CT molecular complexity index is 580. The minimum Gasteiger partial charge on any atom is -0.507 e. The van der Waals surface area contributed by atoms with Gasteiger partial charge in [0.2, 0.25) is 0 Å². The number of aryl methyl sites for hydroxylation is 1. The van der Waals surface area contributed by atoms with Crippen molar-refractivity contribution in [3.05, 3.63) is 34.8 Å². The number of ether oxygens (including phenoxy) is 1. The van der Waals surface area contributed by atoms with Crippen molar-refractivity contribution in [1.29, 1.82) is 0 Å². The highest BCUT2D eigenvalue weighted by Gasteiger charge is 2.13. The number of phenols is 1. The fraction of sp³-hybridized carbons (Fsp3) is 0.167. The number of benzene rings is 1. The third-order valence-electron chi connectivity index (χ3n) is 2.29. The fourth-order valence-electron chi connectivity index (χ4n) is 1.40. The van der Waals surface area contributed by atoms with Gasteiger partial charge in [-0.1, -0.05) is 0 Å². The van der Waals surface area contributed by atoms with E-state index in [1.54, 1.807) is 6.07 Å². The van der Waals surface area contributed by atoms with E-state index in [0.29, 0.717) is 10.9 Å². The van der Waals surface area contributed by atoms with Crippen molar-refractivity contribution in [1.82, 2.24) is 4.98 Å². The largest absolute Gasteiger partial charge is 0.507 e. The van der Waals surface area contributed by atoms with Gasteiger partial charge in [0.05, 0.1) is 18.4 Å². The number of nitrogens with one attached hydrogen (secondary N) is 1. The molecule has 94 valence electrons. The van der Waals surface area contributed by atoms with Gasteiger partial charge in [0.15, 0.2) is 5.13 Å². The second-order valence-electron chi connectivity index (χ2n) is 3.63. The summed E-state index contributed by atoms with van der Waals surface area (Å²) in [6, 6.07) is 4.48. The van der Waals surface area contributed by atoms with E-state index in [1.165, 1.54) is 30.6 Å². The van der Waals surface area contributed by atoms with Crippen LogP contribution in [-0.4, -0.2) is 23.1 Å². The Balaban J connectivity index is 2.23. The van der Waals surface area contributed by atoms with E-state index in [9.17, 15) is 9.90 Å². The van der Waals surface area contributed by atoms with Gasteiger partial charge in [-0.15, -0.1) is 11.3 Å². The second kappa shape index (κ2) is 5.05. The molecule has 1 aromatic carbocycles. The summed E-state index contributed by atoms with van der Waals surface area (Å²) < 4.78 is 5.01. The first-order valence-corrected chi connectivity index (χ1v) is 6.08. The van der Waals surface area contributed by atoms with Crippen LogP contribution in [0, 0.1) is 6.92 Å². The van der Waals surface area contributed by atoms with E-state index >= 15 is 0 Å². The molecule has 1 heterocycles. The normalized spacial score (nSPS) is 10.1. The lowest BCUT2D eigenvalue weighted by Crippen LogP contribution is -2.12. The molecule has 2 aromatic rings. The molecule has 0 saturated carbocycles. The average molecular weight is 264 g/mol. The molecule has 0 bridgehead atoms. The lowest BCUT2D eigenvalue weighted by atomic mass is 10.2. The number of anilines is 1. The second-order valence-corrected chi connectivity index (χ2v) is 4.49. The maximum absolute atomic E-state index is 12.0. The summed E-state index contributed by atoms with van der Waals surface area (Å²) in [6.45, 7) is 1.84. The van der Waals surface area contributed by atoms with Crippen LogP contribution in [0.4, 0.5) is 5.13 Å². The molecule has 0 aliphatic rings. The Labute approximate surface area is 108 Å². The summed E-state index contributed by atoms with van der Waals surface area (Å²) in [6.07, 6.45) is 0. The summed E-state index contributed by atoms with van der Waals surface area (Å²) in [5.74, 6) is -0.00408. The molecule has 0 fully saturated rings. The number of amides is 1. The Morgan fingerprint density at radius 3 is 2.89 bits per heavy atom. The highest BCUT2D eigenvalue weighted by molar-refractivity contribution is 7.13. The molecule has 0 aliphatic carbocycles. The minimum absolute atomic E-state index is 0.0958. The third kappa shape index (κ3) is 2.60. The maximum Gasteiger partial charge on any atom is 0.261 e. The molecule has 0 saturated heterocycles. The first-order chi connectivity index (χ1) is 8.60. The number of thiazole rings is 1. The monoisotopic (exact) mass is 264 g/mol. The summed E-state index contributed by atoms with van der Waals surface area (Å²) in [7, 11) is 1.50. The molecular formula is C12H12N2O3S. The number of methoxy groups -OCH3 is 1. The molecule has 18 heavy (non-hydrogen) atoms. The van der Waals surface area contributed by atoms with Crippen molar-refractivity contribution in [3.8, 4) is 11.5 Å². The van der Waals surface area contributed by atoms with Crippen LogP contribution in [0.1, 0.15) is 16.1 Å². The average Bonchev–Trinajstić information content (AvgIpc) is 2.75. The summed E-state index contributed by atoms with van der Waals surface area (Å²) in [4.78, 5) is 16.1. The molecular weight excluding hydrogens is 252 g/mol. The molecule has 0 radical (unpaired) electrons. The van der Waals surface area contributed by atoms with Crippen molar-refractivity contribution in [3.63, 3.8) is 0 Å². The summed E-state index contributed by atoms with van der Waals surface area (Å²) in [5, 5.41) is 14.6. The van der Waals surface area contributed by atoms with Crippen LogP contribution in [0.3, 0.4) is 0 Å². The Hall–Kier alpha value is -2.08. The molecule has 6 heteroatoms. The van der Waals surface area contributed by atoms with Crippen LogP contribution in [0.15, 0.2) is 23.6 Å². The fourth-order valence-corrected chi connectivity index (χ4v) is 2.08. The predicted molar refractivity (Wildman–Crippen MR) is 69.5 cm³/mol. The maximum atomic E-state index is 12.0. The van der Waals surface area contributed by atoms with Gasteiger partial charge < -0.3 is 9.84 Å². The first-order valence-electron chi connectivity index (χ1n) is 5.20. The van der Waals surface area contributed by atoms with Crippen LogP contribution in [-0.2, 0) is 0 Å². The van der Waals surface area contributed by atoms with E-state index < -0.39 is 5.91 Å². The summed E-state index contributed by atoms with van der Waals surface area (Å²) >= 11 is 1.33. The van der Waals surface area contributed by atoms with Crippen LogP contribution in [0.25, 0.3) is 0 Å². The van der Waals surface area contributed by atoms with Gasteiger partial charge in [-0.3, -0.25) is 10.1 Å². The van der Waals surface area contributed by atoms with E-state index in [-0.39, 0.29) is 11.3 Å². The van der Waals surface area contributed by atoms with E-state index in [1.807, 2.05) is 12.3 Å². The number of hydrogen-bond donors (Lipinski definition) is 2. The van der Waals surface area contributed by atoms with Crippen molar-refractivity contribution in [2.45, 2.75) is 6.92 Å². The lowest BCUT2D eigenvalue weighted by Gasteiger charge is -2.06. The zero-order valence-electron chi connectivity index (χ0n) is 9.93. The lowest BCUT2D eigenvalue weighted by molar-refractivity contribution is 0.102. The Kier molecular flexibility index (Phi) is 3.47. The highest BCUT2D eigenvalue weighted by atomic mass is 32.1. The van der Waals surface area contributed by atoms with E-state index in [2.05, 4.69) is 10.3 Å². The van der Waals surface area contributed by atoms with E-state index in [0.717, 1.165) is 5.69 Å². The topological polar surface area (TPSA) is 71.5 Å². The summed E-state index contributed by atoms with van der Waals surface area (Å²) in [5.41, 5.74) is 0.993. The first kappa shape index (κ1) is 12.4. The van der Waals surface area contributed by atoms with Crippen molar-refractivity contribution < 1.29 is 14.6 Å². The molecule has 2 N–H and O–H groups in total. The van der Waals surface area contributed by atoms with E-state index in [4.69, 9.17) is 4.74 Å². The molecule has 0 aliphatic heterocycles. The van der Waals surface area contributed by atoms with Crippen LogP contribution in [0.5, 0.6) is 11.5 Å². The van der Waals surface area contributed by atoms with Gasteiger partial charge in [0.1, 0.15) is 11.5 Å². The number of carbonyl (C=O) groups excluding carboxylic acids is 1. The SMILES string of the molecule is COc1ccc(O)c(C(=O)Nc2nc(C)cs2)c1. The number of aromatic nitrogens is 1. The minimum atomic E-state index is -0.416. The van der Waals surface area contributed by atoms with Gasteiger partial charge in [-0.05, 0) is 25.1 Å². The predicted octanol–water partition coefficient (Wildman–Crippen LogP) is 2.42. The Morgan fingerprint density at radius 2 is 2.28 bits per heavy atom. The number of hydrogen-bond acceptors (Lipinski definition) is 5. The smallest absolute Gasteiger partial charge is 0.261 e. The molecule has 2 rings (SSSR count). The number of aromatic hydroxyl groups is 1. The van der Waals surface area contributed by atoms with Crippen molar-refractivity contribution in [2.75, 3.05) is 12.4 Å². The standard InChI is InChI=1S/C12H12N2O3S/c1-7-6-18-12(13-7)14-11(16)9-5-8(17-2)3-4-10(9)15/h3-6,15H,1-2H3,(H,13,14,16). The van der Waals surface area contributed by atoms with Crippen LogP contribution < -0.4 is 10.1 Å². The molecule has 0 spiro atoms. The number of nitrogens with zero attached hydrogens (tertiary/aromatic N) is 1. The molecule has 1 amide bonds. The van der Waals surface area contributed by atoms with Gasteiger partial charge in [-0.2, -0.15) is 0 Å². The molecule has 0 unspecified atom stereocenters. The Morgan fingerprint density at radius 1 is 1.50 bits per heavy atom. The van der Waals surface area contributed by atoms with Gasteiger partial charge in [-0.25, -0.2) is 4.98 Å². The van der Waals surface area contributed by atoms with Crippen LogP contribution in [0.2, 0.25) is 0 Å². The number of phenolic OH excluding ortho intramolecular Hbond substituents is 1. The number of rotatable bonds is 3. The molecule has 5 nitrogen and oxygen atoms in total. The number of carbonyl (C=O) groups is 1. The van der Waals surface area contributed by atoms with Crippen LogP contribution >= 0.6 is 11.3 Å². The van der Waals surface area contributed by atoms with Gasteiger partial charge in [0, 0.05) is 5.38 Å². The van der Waals surface area contributed by atoms with Crippen molar-refractivity contribution >= 4 is 22.4 Å². The van der Waals surface area contributed by atoms with Gasteiger partial charge >= 0.3 is 0 Å². The third-order valence-corrected chi connectivity index (χ3v) is 3.16. The highest BCUT2D eigenvalue weighted by Crippen LogP contribution is 2.24. The van der Waals surface area contributed by atoms with Crippen molar-refractivity contribution in [2.24, 2.45) is 0 Å².